The summed E-state index contributed by atoms with van der Waals surface area (Å²) in [6.45, 7) is 0. The summed E-state index contributed by atoms with van der Waals surface area (Å²) in [6.07, 6.45) is 1.56. The molecule has 0 aliphatic heterocycles. The zero-order valence-electron chi connectivity index (χ0n) is 9.64. The number of aromatic nitrogens is 1. The second-order valence-corrected chi connectivity index (χ2v) is 3.45. The Balaban J connectivity index is 2.34. The van der Waals surface area contributed by atoms with Gasteiger partial charge in [-0.3, -0.25) is 0 Å². The molecule has 4 nitrogen and oxygen atoms in total. The number of nitriles is 1. The molecule has 1 N–H and O–H groups in total. The smallest absolute Gasteiger partial charge is 0.148 e. The van der Waals surface area contributed by atoms with Crippen LogP contribution < -0.4 is 10.1 Å². The number of rotatable bonds is 3. The Morgan fingerprint density at radius 3 is 2.94 bits per heavy atom. The van der Waals surface area contributed by atoms with Crippen LogP contribution in [0.5, 0.6) is 11.5 Å². The first kappa shape index (κ1) is 11.9. The van der Waals surface area contributed by atoms with Crippen LogP contribution >= 0.6 is 0 Å². The Morgan fingerprint density at radius 2 is 2.22 bits per heavy atom. The molecule has 0 saturated carbocycles. The summed E-state index contributed by atoms with van der Waals surface area (Å²) >= 11 is 0. The molecule has 0 saturated heterocycles. The second kappa shape index (κ2) is 5.15. The molecule has 5 heteroatoms. The Bertz CT molecular complexity index is 607. The van der Waals surface area contributed by atoms with Crippen molar-refractivity contribution in [2.75, 3.05) is 12.4 Å². The predicted molar refractivity (Wildman–Crippen MR) is 65.0 cm³/mol. The van der Waals surface area contributed by atoms with Crippen LogP contribution in [0.4, 0.5) is 10.2 Å². The van der Waals surface area contributed by atoms with Crippen molar-refractivity contribution in [3.63, 3.8) is 0 Å². The minimum atomic E-state index is -0.599. The zero-order valence-corrected chi connectivity index (χ0v) is 9.64. The lowest BCUT2D eigenvalue weighted by atomic mass is 10.2. The second-order valence-electron chi connectivity index (χ2n) is 3.45. The fourth-order valence-electron chi connectivity index (χ4n) is 1.44. The van der Waals surface area contributed by atoms with E-state index in [1.165, 1.54) is 12.1 Å². The topological polar surface area (TPSA) is 57.9 Å². The van der Waals surface area contributed by atoms with E-state index in [0.717, 1.165) is 0 Å². The number of hydrogen-bond acceptors (Lipinski definition) is 4. The summed E-state index contributed by atoms with van der Waals surface area (Å²) < 4.78 is 18.9. The van der Waals surface area contributed by atoms with Crippen LogP contribution in [0.15, 0.2) is 36.5 Å². The molecule has 0 spiro atoms. The SMILES string of the molecule is CNc1cc(Oc2cccc(F)c2C#N)ccn1. The number of ether oxygens (including phenoxy) is 1. The van der Waals surface area contributed by atoms with Gasteiger partial charge < -0.3 is 10.1 Å². The molecule has 1 aromatic heterocycles. The molecule has 0 radical (unpaired) electrons. The van der Waals surface area contributed by atoms with Gasteiger partial charge >= 0.3 is 0 Å². The van der Waals surface area contributed by atoms with Crippen LogP contribution in [-0.4, -0.2) is 12.0 Å². The van der Waals surface area contributed by atoms with E-state index in [1.54, 1.807) is 37.5 Å². The molecule has 0 fully saturated rings. The van der Waals surface area contributed by atoms with Gasteiger partial charge in [0.1, 0.15) is 34.8 Å². The van der Waals surface area contributed by atoms with Crippen molar-refractivity contribution < 1.29 is 9.13 Å². The van der Waals surface area contributed by atoms with E-state index >= 15 is 0 Å². The van der Waals surface area contributed by atoms with Crippen molar-refractivity contribution in [2.24, 2.45) is 0 Å². The molecule has 90 valence electrons. The number of nitrogens with one attached hydrogen (secondary N) is 1. The first-order chi connectivity index (χ1) is 8.74. The molecule has 2 aromatic rings. The van der Waals surface area contributed by atoms with Gasteiger partial charge in [0.25, 0.3) is 0 Å². The molecule has 1 heterocycles. The zero-order chi connectivity index (χ0) is 13.0. The van der Waals surface area contributed by atoms with Crippen LogP contribution in [0.3, 0.4) is 0 Å². The maximum Gasteiger partial charge on any atom is 0.148 e. The van der Waals surface area contributed by atoms with Crippen molar-refractivity contribution in [2.45, 2.75) is 0 Å². The molecule has 18 heavy (non-hydrogen) atoms. The molecule has 0 amide bonds. The minimum Gasteiger partial charge on any atom is -0.456 e. The van der Waals surface area contributed by atoms with Crippen molar-refractivity contribution in [1.29, 1.82) is 5.26 Å². The number of benzene rings is 1. The summed E-state index contributed by atoms with van der Waals surface area (Å²) in [4.78, 5) is 4.03. The summed E-state index contributed by atoms with van der Waals surface area (Å²) in [5.41, 5.74) is -0.111. The number of anilines is 1. The van der Waals surface area contributed by atoms with Crippen molar-refractivity contribution in [3.8, 4) is 17.6 Å². The molecule has 0 aliphatic rings. The summed E-state index contributed by atoms with van der Waals surface area (Å²) in [7, 11) is 1.73. The molecule has 1 aromatic carbocycles. The first-order valence-corrected chi connectivity index (χ1v) is 5.25. The Hall–Kier alpha value is -2.61. The van der Waals surface area contributed by atoms with Crippen molar-refractivity contribution >= 4 is 5.82 Å². The number of nitrogens with zero attached hydrogens (tertiary/aromatic N) is 2. The molecule has 0 aliphatic carbocycles. The average molecular weight is 243 g/mol. The normalized spacial score (nSPS) is 9.61. The van der Waals surface area contributed by atoms with Gasteiger partial charge in [0.15, 0.2) is 0 Å². The Kier molecular flexibility index (Phi) is 3.39. The van der Waals surface area contributed by atoms with Gasteiger partial charge in [-0.2, -0.15) is 5.26 Å². The highest BCUT2D eigenvalue weighted by Gasteiger charge is 2.09. The van der Waals surface area contributed by atoms with E-state index in [2.05, 4.69) is 10.3 Å². The Labute approximate surface area is 104 Å². The van der Waals surface area contributed by atoms with E-state index in [1.807, 2.05) is 0 Å². The van der Waals surface area contributed by atoms with Crippen LogP contribution in [0.1, 0.15) is 5.56 Å². The van der Waals surface area contributed by atoms with Crippen LogP contribution in [0, 0.1) is 17.1 Å². The number of pyridine rings is 1. The van der Waals surface area contributed by atoms with E-state index < -0.39 is 5.82 Å². The Morgan fingerprint density at radius 1 is 1.39 bits per heavy atom. The van der Waals surface area contributed by atoms with E-state index in [4.69, 9.17) is 10.00 Å². The van der Waals surface area contributed by atoms with E-state index in [0.29, 0.717) is 11.6 Å². The number of halogens is 1. The monoisotopic (exact) mass is 243 g/mol. The lowest BCUT2D eigenvalue weighted by Gasteiger charge is -2.08. The van der Waals surface area contributed by atoms with Gasteiger partial charge in [-0.15, -0.1) is 0 Å². The average Bonchev–Trinajstić information content (AvgIpc) is 2.39. The van der Waals surface area contributed by atoms with Gasteiger partial charge in [0.2, 0.25) is 0 Å². The third kappa shape index (κ3) is 2.38. The molecule has 0 unspecified atom stereocenters. The minimum absolute atomic E-state index is 0.111. The first-order valence-electron chi connectivity index (χ1n) is 5.25. The maximum absolute atomic E-state index is 13.4. The fraction of sp³-hybridized carbons (Fsp3) is 0.0769. The molecular weight excluding hydrogens is 233 g/mol. The molecule has 0 atom stereocenters. The van der Waals surface area contributed by atoms with Gasteiger partial charge in [-0.1, -0.05) is 6.07 Å². The third-order valence-electron chi connectivity index (χ3n) is 2.30. The van der Waals surface area contributed by atoms with Gasteiger partial charge in [0, 0.05) is 19.3 Å². The predicted octanol–water partition coefficient (Wildman–Crippen LogP) is 2.93. The third-order valence-corrected chi connectivity index (χ3v) is 2.30. The lowest BCUT2D eigenvalue weighted by molar-refractivity contribution is 0.474. The lowest BCUT2D eigenvalue weighted by Crippen LogP contribution is -1.94. The summed E-state index contributed by atoms with van der Waals surface area (Å²) in [5, 5.41) is 11.7. The molecular formula is C13H10FN3O. The molecule has 2 rings (SSSR count). The van der Waals surface area contributed by atoms with E-state index in [9.17, 15) is 4.39 Å². The van der Waals surface area contributed by atoms with Gasteiger partial charge in [0.05, 0.1) is 0 Å². The van der Waals surface area contributed by atoms with Gasteiger partial charge in [-0.05, 0) is 18.2 Å². The highest BCUT2D eigenvalue weighted by Crippen LogP contribution is 2.27. The van der Waals surface area contributed by atoms with Crippen LogP contribution in [0.2, 0.25) is 0 Å². The highest BCUT2D eigenvalue weighted by molar-refractivity contribution is 5.47. The summed E-state index contributed by atoms with van der Waals surface area (Å²) in [6, 6.07) is 9.33. The van der Waals surface area contributed by atoms with E-state index in [-0.39, 0.29) is 11.3 Å². The highest BCUT2D eigenvalue weighted by atomic mass is 19.1. The standard InChI is InChI=1S/C13H10FN3O/c1-16-13-7-9(5-6-17-13)18-12-4-2-3-11(14)10(12)8-15/h2-7H,1H3,(H,16,17). The fourth-order valence-corrected chi connectivity index (χ4v) is 1.44. The van der Waals surface area contributed by atoms with Crippen molar-refractivity contribution in [3.05, 3.63) is 47.9 Å². The van der Waals surface area contributed by atoms with Gasteiger partial charge in [-0.25, -0.2) is 9.37 Å². The quantitative estimate of drug-likeness (QED) is 0.900. The molecule has 0 bridgehead atoms. The largest absolute Gasteiger partial charge is 0.456 e. The number of hydrogen-bond donors (Lipinski definition) is 1. The van der Waals surface area contributed by atoms with Crippen LogP contribution in [0.25, 0.3) is 0 Å². The summed E-state index contributed by atoms with van der Waals surface area (Å²) in [5.74, 6) is 0.697. The van der Waals surface area contributed by atoms with Crippen molar-refractivity contribution in [1.82, 2.24) is 4.98 Å². The maximum atomic E-state index is 13.4. The van der Waals surface area contributed by atoms with Crippen LogP contribution in [-0.2, 0) is 0 Å².